The molecule has 6 nitrogen and oxygen atoms in total. The SMILES string of the molecule is O=C(COC(=O)c1c[nH]c2ccccc12)c1ccc(N2CCCC2=O)cc1. The van der Waals surface area contributed by atoms with Crippen molar-refractivity contribution in [3.8, 4) is 0 Å². The van der Waals surface area contributed by atoms with Gasteiger partial charge in [0, 0.05) is 41.3 Å². The lowest BCUT2D eigenvalue weighted by molar-refractivity contribution is -0.117. The van der Waals surface area contributed by atoms with Gasteiger partial charge >= 0.3 is 5.97 Å². The van der Waals surface area contributed by atoms with E-state index < -0.39 is 5.97 Å². The first-order valence-corrected chi connectivity index (χ1v) is 8.80. The number of aromatic amines is 1. The third kappa shape index (κ3) is 3.33. The number of amides is 1. The van der Waals surface area contributed by atoms with Gasteiger partial charge in [0.2, 0.25) is 5.91 Å². The molecule has 2 heterocycles. The number of carbonyl (C=O) groups excluding carboxylic acids is 3. The van der Waals surface area contributed by atoms with Crippen LogP contribution in [0.4, 0.5) is 5.69 Å². The Hall–Kier alpha value is -3.41. The number of Topliss-reactive ketones (excluding diaryl/α,β-unsaturated/α-hetero) is 1. The topological polar surface area (TPSA) is 79.5 Å². The average Bonchev–Trinajstić information content (AvgIpc) is 3.32. The largest absolute Gasteiger partial charge is 0.454 e. The van der Waals surface area contributed by atoms with Crippen molar-refractivity contribution in [2.75, 3.05) is 18.1 Å². The molecule has 1 saturated heterocycles. The number of carbonyl (C=O) groups is 3. The molecule has 1 fully saturated rings. The van der Waals surface area contributed by atoms with Gasteiger partial charge in [-0.25, -0.2) is 4.79 Å². The number of ketones is 1. The number of benzene rings is 2. The van der Waals surface area contributed by atoms with Gasteiger partial charge in [-0.15, -0.1) is 0 Å². The fourth-order valence-electron chi connectivity index (χ4n) is 3.28. The second kappa shape index (κ2) is 7.07. The van der Waals surface area contributed by atoms with Crippen molar-refractivity contribution in [3.05, 3.63) is 65.9 Å². The van der Waals surface area contributed by atoms with Crippen LogP contribution in [0.5, 0.6) is 0 Å². The van der Waals surface area contributed by atoms with E-state index in [0.29, 0.717) is 24.1 Å². The molecule has 0 bridgehead atoms. The fraction of sp³-hybridized carbons (Fsp3) is 0.190. The number of rotatable bonds is 5. The maximum atomic E-state index is 12.3. The molecule has 1 amide bonds. The van der Waals surface area contributed by atoms with Crippen LogP contribution in [-0.2, 0) is 9.53 Å². The number of anilines is 1. The van der Waals surface area contributed by atoms with E-state index in [9.17, 15) is 14.4 Å². The highest BCUT2D eigenvalue weighted by molar-refractivity contribution is 6.05. The molecular formula is C21H18N2O4. The van der Waals surface area contributed by atoms with Crippen LogP contribution in [0.2, 0.25) is 0 Å². The summed E-state index contributed by atoms with van der Waals surface area (Å²) in [6.45, 7) is 0.370. The van der Waals surface area contributed by atoms with Crippen molar-refractivity contribution in [2.45, 2.75) is 12.8 Å². The number of H-pyrrole nitrogens is 1. The van der Waals surface area contributed by atoms with Crippen LogP contribution >= 0.6 is 0 Å². The number of para-hydroxylation sites is 1. The second-order valence-corrected chi connectivity index (χ2v) is 6.44. The first-order chi connectivity index (χ1) is 13.1. The van der Waals surface area contributed by atoms with Crippen LogP contribution in [0.25, 0.3) is 10.9 Å². The van der Waals surface area contributed by atoms with E-state index in [1.165, 1.54) is 0 Å². The average molecular weight is 362 g/mol. The van der Waals surface area contributed by atoms with Gasteiger partial charge in [-0.3, -0.25) is 9.59 Å². The summed E-state index contributed by atoms with van der Waals surface area (Å²) in [5, 5.41) is 0.759. The summed E-state index contributed by atoms with van der Waals surface area (Å²) in [6.07, 6.45) is 2.99. The fourth-order valence-corrected chi connectivity index (χ4v) is 3.28. The highest BCUT2D eigenvalue weighted by Crippen LogP contribution is 2.22. The Balaban J connectivity index is 1.40. The summed E-state index contributed by atoms with van der Waals surface area (Å²) in [5.74, 6) is -0.732. The Kier molecular flexibility index (Phi) is 4.46. The first kappa shape index (κ1) is 17.0. The number of esters is 1. The van der Waals surface area contributed by atoms with Crippen molar-refractivity contribution >= 4 is 34.3 Å². The third-order valence-electron chi connectivity index (χ3n) is 4.72. The predicted molar refractivity (Wildman–Crippen MR) is 101 cm³/mol. The molecule has 27 heavy (non-hydrogen) atoms. The van der Waals surface area contributed by atoms with E-state index in [1.807, 2.05) is 24.3 Å². The van der Waals surface area contributed by atoms with Crippen molar-refractivity contribution in [1.82, 2.24) is 4.98 Å². The lowest BCUT2D eigenvalue weighted by Gasteiger charge is -2.15. The zero-order valence-electron chi connectivity index (χ0n) is 14.6. The highest BCUT2D eigenvalue weighted by Gasteiger charge is 2.22. The lowest BCUT2D eigenvalue weighted by Crippen LogP contribution is -2.23. The molecule has 0 aliphatic carbocycles. The lowest BCUT2D eigenvalue weighted by atomic mass is 10.1. The van der Waals surface area contributed by atoms with E-state index in [-0.39, 0.29) is 18.3 Å². The third-order valence-corrected chi connectivity index (χ3v) is 4.72. The molecule has 1 aromatic heterocycles. The molecule has 2 aromatic carbocycles. The van der Waals surface area contributed by atoms with Gasteiger partial charge in [0.1, 0.15) is 0 Å². The molecular weight excluding hydrogens is 344 g/mol. The van der Waals surface area contributed by atoms with E-state index in [2.05, 4.69) is 4.98 Å². The zero-order chi connectivity index (χ0) is 18.8. The number of ether oxygens (including phenoxy) is 1. The summed E-state index contributed by atoms with van der Waals surface area (Å²) in [6, 6.07) is 14.2. The van der Waals surface area contributed by atoms with Gasteiger partial charge in [0.05, 0.1) is 5.56 Å². The second-order valence-electron chi connectivity index (χ2n) is 6.44. The molecule has 1 aliphatic rings. The molecule has 4 rings (SSSR count). The van der Waals surface area contributed by atoms with E-state index in [0.717, 1.165) is 23.0 Å². The number of nitrogens with zero attached hydrogens (tertiary/aromatic N) is 1. The minimum absolute atomic E-state index is 0.0988. The quantitative estimate of drug-likeness (QED) is 0.558. The minimum atomic E-state index is -0.542. The monoisotopic (exact) mass is 362 g/mol. The zero-order valence-corrected chi connectivity index (χ0v) is 14.6. The standard InChI is InChI=1S/C21H18N2O4/c24-19(14-7-9-15(10-8-14)23-11-3-6-20(23)25)13-27-21(26)17-12-22-18-5-2-1-4-16(17)18/h1-2,4-5,7-10,12,22H,3,6,11,13H2. The molecule has 1 aliphatic heterocycles. The highest BCUT2D eigenvalue weighted by atomic mass is 16.5. The van der Waals surface area contributed by atoms with Gasteiger partial charge in [-0.05, 0) is 36.8 Å². The Bertz CT molecular complexity index is 1020. The predicted octanol–water partition coefficient (Wildman–Crippen LogP) is 3.33. The van der Waals surface area contributed by atoms with E-state index in [1.54, 1.807) is 35.4 Å². The molecule has 0 unspecified atom stereocenters. The van der Waals surface area contributed by atoms with Crippen LogP contribution in [0.15, 0.2) is 54.7 Å². The number of nitrogens with one attached hydrogen (secondary N) is 1. The minimum Gasteiger partial charge on any atom is -0.454 e. The van der Waals surface area contributed by atoms with E-state index in [4.69, 9.17) is 4.74 Å². The molecule has 0 saturated carbocycles. The molecule has 3 aromatic rings. The molecule has 6 heteroatoms. The number of aromatic nitrogens is 1. The summed E-state index contributed by atoms with van der Waals surface area (Å²) in [7, 11) is 0. The number of fused-ring (bicyclic) bond motifs is 1. The van der Waals surface area contributed by atoms with Crippen molar-refractivity contribution in [2.24, 2.45) is 0 Å². The maximum absolute atomic E-state index is 12.3. The summed E-state index contributed by atoms with van der Waals surface area (Å²) in [5.41, 5.74) is 2.46. The number of hydrogen-bond donors (Lipinski definition) is 1. The maximum Gasteiger partial charge on any atom is 0.340 e. The van der Waals surface area contributed by atoms with Crippen LogP contribution in [-0.4, -0.2) is 35.8 Å². The van der Waals surface area contributed by atoms with E-state index >= 15 is 0 Å². The van der Waals surface area contributed by atoms with Gasteiger partial charge in [-0.1, -0.05) is 18.2 Å². The number of hydrogen-bond acceptors (Lipinski definition) is 4. The summed E-state index contributed by atoms with van der Waals surface area (Å²) < 4.78 is 5.18. The van der Waals surface area contributed by atoms with Crippen LogP contribution in [0, 0.1) is 0 Å². The van der Waals surface area contributed by atoms with Crippen LogP contribution in [0.1, 0.15) is 33.6 Å². The van der Waals surface area contributed by atoms with Crippen molar-refractivity contribution in [1.29, 1.82) is 0 Å². The Morgan fingerprint density at radius 3 is 2.59 bits per heavy atom. The Labute approximate surface area is 155 Å². The molecule has 0 spiro atoms. The normalized spacial score (nSPS) is 13.9. The smallest absolute Gasteiger partial charge is 0.340 e. The van der Waals surface area contributed by atoms with Crippen molar-refractivity contribution in [3.63, 3.8) is 0 Å². The Morgan fingerprint density at radius 2 is 1.85 bits per heavy atom. The van der Waals surface area contributed by atoms with Gasteiger partial charge in [-0.2, -0.15) is 0 Å². The summed E-state index contributed by atoms with van der Waals surface area (Å²) in [4.78, 5) is 41.1. The first-order valence-electron chi connectivity index (χ1n) is 8.80. The molecule has 1 N–H and O–H groups in total. The molecule has 0 atom stereocenters. The van der Waals surface area contributed by atoms with Crippen LogP contribution < -0.4 is 4.90 Å². The van der Waals surface area contributed by atoms with Gasteiger partial charge in [0.15, 0.2) is 12.4 Å². The van der Waals surface area contributed by atoms with Gasteiger partial charge < -0.3 is 14.6 Å². The van der Waals surface area contributed by atoms with Gasteiger partial charge in [0.25, 0.3) is 0 Å². The van der Waals surface area contributed by atoms with Crippen molar-refractivity contribution < 1.29 is 19.1 Å². The molecule has 0 radical (unpaired) electrons. The van der Waals surface area contributed by atoms with Crippen LogP contribution in [0.3, 0.4) is 0 Å². The summed E-state index contributed by atoms with van der Waals surface area (Å²) >= 11 is 0. The Morgan fingerprint density at radius 1 is 1.07 bits per heavy atom. The molecule has 136 valence electrons.